The maximum Gasteiger partial charge on any atom is 0.145 e. The molecule has 0 aromatic rings. The Morgan fingerprint density at radius 2 is 1.86 bits per heavy atom. The van der Waals surface area contributed by atoms with Crippen LogP contribution in [0.15, 0.2) is 0 Å². The summed E-state index contributed by atoms with van der Waals surface area (Å²) in [6.07, 6.45) is 0. The van der Waals surface area contributed by atoms with Gasteiger partial charge in [-0.2, -0.15) is 0 Å². The lowest BCUT2D eigenvalue weighted by atomic mass is 9.99. The first-order valence-corrected chi connectivity index (χ1v) is 3.37. The molecule has 0 spiro atoms. The summed E-state index contributed by atoms with van der Waals surface area (Å²) in [5.41, 5.74) is 0.363. The Morgan fingerprint density at radius 3 is 1.86 bits per heavy atom. The summed E-state index contributed by atoms with van der Waals surface area (Å²) in [6.45, 7) is 7.42. The van der Waals surface area contributed by atoms with Gasteiger partial charge in [-0.25, -0.2) is 0 Å². The highest BCUT2D eigenvalue weighted by molar-refractivity contribution is 5.97. The zero-order valence-electron chi connectivity index (χ0n) is 5.62. The summed E-state index contributed by atoms with van der Waals surface area (Å²) in [5.74, 6) is 0. The van der Waals surface area contributed by atoms with Crippen molar-refractivity contribution in [1.82, 2.24) is 0 Å². The van der Waals surface area contributed by atoms with Crippen LogP contribution in [-0.2, 0) is 4.43 Å². The Bertz CT molecular complexity index is 46.5. The standard InChI is InChI=1S/C5H14OSi/c1-5(2,3)4-6-7/h4H2,1-3,7H3. The lowest BCUT2D eigenvalue weighted by Gasteiger charge is -2.15. The molecule has 2 heteroatoms. The molecule has 0 saturated carbocycles. The van der Waals surface area contributed by atoms with Crippen molar-refractivity contribution in [2.45, 2.75) is 20.8 Å². The number of hydrogen-bond donors (Lipinski definition) is 0. The van der Waals surface area contributed by atoms with E-state index in [2.05, 4.69) is 20.8 Å². The fourth-order valence-electron chi connectivity index (χ4n) is 0.433. The van der Waals surface area contributed by atoms with E-state index in [0.717, 1.165) is 17.1 Å². The van der Waals surface area contributed by atoms with Crippen LogP contribution < -0.4 is 0 Å². The van der Waals surface area contributed by atoms with Gasteiger partial charge in [0.05, 0.1) is 0 Å². The molecule has 0 saturated heterocycles. The minimum atomic E-state index is 0.363. The lowest BCUT2D eigenvalue weighted by molar-refractivity contribution is 0.213. The summed E-state index contributed by atoms with van der Waals surface area (Å²) >= 11 is 0. The van der Waals surface area contributed by atoms with Crippen molar-refractivity contribution >= 4 is 10.5 Å². The smallest absolute Gasteiger partial charge is 0.145 e. The van der Waals surface area contributed by atoms with Gasteiger partial charge in [0.15, 0.2) is 0 Å². The van der Waals surface area contributed by atoms with E-state index in [-0.39, 0.29) is 0 Å². The van der Waals surface area contributed by atoms with E-state index in [0.29, 0.717) is 5.41 Å². The fraction of sp³-hybridized carbons (Fsp3) is 1.00. The maximum atomic E-state index is 5.05. The van der Waals surface area contributed by atoms with Gasteiger partial charge in [-0.3, -0.25) is 0 Å². The molecule has 0 fully saturated rings. The summed E-state index contributed by atoms with van der Waals surface area (Å²) in [4.78, 5) is 0. The SMILES string of the molecule is CC(C)(C)CO[SiH3]. The Hall–Kier alpha value is 0.177. The summed E-state index contributed by atoms with van der Waals surface area (Å²) in [6, 6.07) is 0. The van der Waals surface area contributed by atoms with Crippen molar-refractivity contribution < 1.29 is 4.43 Å². The zero-order valence-corrected chi connectivity index (χ0v) is 7.62. The molecule has 0 aromatic carbocycles. The van der Waals surface area contributed by atoms with Gasteiger partial charge >= 0.3 is 0 Å². The van der Waals surface area contributed by atoms with Crippen LogP contribution in [0, 0.1) is 5.41 Å². The van der Waals surface area contributed by atoms with Gasteiger partial charge in [-0.15, -0.1) is 0 Å². The van der Waals surface area contributed by atoms with E-state index >= 15 is 0 Å². The molecule has 0 aliphatic heterocycles. The molecule has 0 aromatic heterocycles. The van der Waals surface area contributed by atoms with E-state index in [1.807, 2.05) is 0 Å². The van der Waals surface area contributed by atoms with Gasteiger partial charge in [0.2, 0.25) is 0 Å². The van der Waals surface area contributed by atoms with Crippen LogP contribution in [-0.4, -0.2) is 17.1 Å². The van der Waals surface area contributed by atoms with Crippen molar-refractivity contribution in [2.75, 3.05) is 6.61 Å². The molecular weight excluding hydrogens is 104 g/mol. The Labute approximate surface area is 48.6 Å². The van der Waals surface area contributed by atoms with Gasteiger partial charge in [0.25, 0.3) is 0 Å². The Morgan fingerprint density at radius 1 is 1.43 bits per heavy atom. The van der Waals surface area contributed by atoms with Gasteiger partial charge in [-0.1, -0.05) is 20.8 Å². The first-order valence-electron chi connectivity index (χ1n) is 2.55. The molecule has 0 aliphatic rings. The first-order chi connectivity index (χ1) is 3.06. The van der Waals surface area contributed by atoms with Gasteiger partial charge < -0.3 is 4.43 Å². The highest BCUT2D eigenvalue weighted by Gasteiger charge is 2.06. The number of rotatable bonds is 1. The zero-order chi connectivity index (χ0) is 5.91. The molecular formula is C5H14OSi. The van der Waals surface area contributed by atoms with Crippen LogP contribution >= 0.6 is 0 Å². The molecule has 7 heavy (non-hydrogen) atoms. The second-order valence-electron chi connectivity index (χ2n) is 2.99. The van der Waals surface area contributed by atoms with E-state index < -0.39 is 0 Å². The molecule has 1 nitrogen and oxygen atoms in total. The largest absolute Gasteiger partial charge is 0.427 e. The maximum absolute atomic E-state index is 5.05. The average Bonchev–Trinajstić information content (AvgIpc) is 1.30. The van der Waals surface area contributed by atoms with Gasteiger partial charge in [0.1, 0.15) is 10.5 Å². The quantitative estimate of drug-likeness (QED) is 0.451. The van der Waals surface area contributed by atoms with Crippen molar-refractivity contribution in [3.8, 4) is 0 Å². The molecule has 0 atom stereocenters. The van der Waals surface area contributed by atoms with E-state index in [1.165, 1.54) is 0 Å². The minimum absolute atomic E-state index is 0.363. The van der Waals surface area contributed by atoms with E-state index in [1.54, 1.807) is 0 Å². The predicted octanol–water partition coefficient (Wildman–Crippen LogP) is 0.329. The van der Waals surface area contributed by atoms with Crippen molar-refractivity contribution in [3.63, 3.8) is 0 Å². The van der Waals surface area contributed by atoms with Gasteiger partial charge in [0, 0.05) is 6.61 Å². The van der Waals surface area contributed by atoms with Crippen molar-refractivity contribution in [3.05, 3.63) is 0 Å². The summed E-state index contributed by atoms with van der Waals surface area (Å²) in [7, 11) is 0.870. The second-order valence-corrected chi connectivity index (χ2v) is 3.57. The molecule has 0 N–H and O–H groups in total. The average molecular weight is 118 g/mol. The van der Waals surface area contributed by atoms with Crippen LogP contribution in [0.4, 0.5) is 0 Å². The monoisotopic (exact) mass is 118 g/mol. The van der Waals surface area contributed by atoms with Crippen LogP contribution in [0.25, 0.3) is 0 Å². The van der Waals surface area contributed by atoms with Crippen LogP contribution in [0.1, 0.15) is 20.8 Å². The summed E-state index contributed by atoms with van der Waals surface area (Å²) < 4.78 is 5.05. The van der Waals surface area contributed by atoms with Crippen LogP contribution in [0.5, 0.6) is 0 Å². The molecule has 0 bridgehead atoms. The highest BCUT2D eigenvalue weighted by Crippen LogP contribution is 2.11. The van der Waals surface area contributed by atoms with E-state index in [9.17, 15) is 0 Å². The van der Waals surface area contributed by atoms with Gasteiger partial charge in [-0.05, 0) is 5.41 Å². The topological polar surface area (TPSA) is 9.23 Å². The molecule has 0 aliphatic carbocycles. The van der Waals surface area contributed by atoms with E-state index in [4.69, 9.17) is 4.43 Å². The van der Waals surface area contributed by atoms with Crippen molar-refractivity contribution in [1.29, 1.82) is 0 Å². The van der Waals surface area contributed by atoms with Crippen LogP contribution in [0.2, 0.25) is 0 Å². The lowest BCUT2D eigenvalue weighted by Crippen LogP contribution is -2.12. The molecule has 0 amide bonds. The third kappa shape index (κ3) is 6.18. The fourth-order valence-corrected chi connectivity index (χ4v) is 1.30. The Kier molecular flexibility index (Phi) is 2.54. The third-order valence-electron chi connectivity index (χ3n) is 0.577. The second kappa shape index (κ2) is 2.48. The Balaban J connectivity index is 3.15. The highest BCUT2D eigenvalue weighted by atomic mass is 28.2. The molecule has 44 valence electrons. The molecule has 0 rings (SSSR count). The predicted molar refractivity (Wildman–Crippen MR) is 35.3 cm³/mol. The van der Waals surface area contributed by atoms with Crippen molar-refractivity contribution in [2.24, 2.45) is 5.41 Å². The third-order valence-corrected chi connectivity index (χ3v) is 0.866. The minimum Gasteiger partial charge on any atom is -0.427 e. The first kappa shape index (κ1) is 7.18. The molecule has 0 heterocycles. The molecule has 0 radical (unpaired) electrons. The number of hydrogen-bond acceptors (Lipinski definition) is 1. The summed E-state index contributed by atoms with van der Waals surface area (Å²) in [5, 5.41) is 0. The normalized spacial score (nSPS) is 12.4. The molecule has 0 unspecified atom stereocenters. The van der Waals surface area contributed by atoms with Crippen LogP contribution in [0.3, 0.4) is 0 Å².